The molecule has 0 radical (unpaired) electrons. The second kappa shape index (κ2) is 7.85. The monoisotopic (exact) mass is 614 g/mol. The Morgan fingerprint density at radius 3 is 1.70 bits per heavy atom. The molecular formula is C30H20Br2N2O3. The highest BCUT2D eigenvalue weighted by molar-refractivity contribution is 9.10. The summed E-state index contributed by atoms with van der Waals surface area (Å²) in [6, 6.07) is 29.4. The Hall–Kier alpha value is -3.29. The fraction of sp³-hybridized carbons (Fsp3) is 0.167. The topological polar surface area (TPSA) is 66.5 Å². The fourth-order valence-corrected chi connectivity index (χ4v) is 8.86. The number of nitrogens with one attached hydrogen (secondary N) is 1. The highest BCUT2D eigenvalue weighted by Crippen LogP contribution is 2.70. The molecule has 3 amide bonds. The van der Waals surface area contributed by atoms with Gasteiger partial charge in [-0.3, -0.25) is 19.8 Å². The van der Waals surface area contributed by atoms with Crippen LogP contribution in [0.15, 0.2) is 91.0 Å². The molecule has 2 bridgehead atoms. The molecule has 1 saturated heterocycles. The third-order valence-electron chi connectivity index (χ3n) is 8.05. The second-order valence-corrected chi connectivity index (χ2v) is 12.3. The van der Waals surface area contributed by atoms with Gasteiger partial charge in [-0.1, -0.05) is 123 Å². The lowest BCUT2D eigenvalue weighted by molar-refractivity contribution is -0.149. The Kier molecular flexibility index (Phi) is 4.86. The van der Waals surface area contributed by atoms with E-state index < -0.39 is 38.2 Å². The van der Waals surface area contributed by atoms with E-state index in [0.717, 1.165) is 43.6 Å². The molecule has 8 rings (SSSR count). The third-order valence-corrected chi connectivity index (χ3v) is 10.7. The van der Waals surface area contributed by atoms with Gasteiger partial charge in [0.1, 0.15) is 0 Å². The third kappa shape index (κ3) is 2.87. The van der Waals surface area contributed by atoms with Crippen LogP contribution in [0.25, 0.3) is 10.8 Å². The van der Waals surface area contributed by atoms with Crippen LogP contribution in [0.1, 0.15) is 27.8 Å². The predicted molar refractivity (Wildman–Crippen MR) is 147 cm³/mol. The Bertz CT molecular complexity index is 1540. The van der Waals surface area contributed by atoms with E-state index >= 15 is 0 Å². The van der Waals surface area contributed by atoms with Crippen molar-refractivity contribution >= 4 is 60.4 Å². The van der Waals surface area contributed by atoms with E-state index in [1.807, 2.05) is 91.0 Å². The molecular weight excluding hydrogens is 596 g/mol. The minimum absolute atomic E-state index is 0.0487. The molecule has 182 valence electrons. The molecule has 4 aromatic rings. The quantitative estimate of drug-likeness (QED) is 0.251. The maximum Gasteiger partial charge on any atom is 0.254 e. The first-order valence-corrected chi connectivity index (χ1v) is 13.7. The summed E-state index contributed by atoms with van der Waals surface area (Å²) in [4.78, 5) is 41.1. The lowest BCUT2D eigenvalue weighted by Crippen LogP contribution is -2.56. The Labute approximate surface area is 230 Å². The van der Waals surface area contributed by atoms with E-state index in [0.29, 0.717) is 0 Å². The maximum atomic E-state index is 13.9. The minimum Gasteiger partial charge on any atom is -0.273 e. The Morgan fingerprint density at radius 1 is 0.703 bits per heavy atom. The summed E-state index contributed by atoms with van der Waals surface area (Å²) in [6.07, 6.45) is 0.0487. The van der Waals surface area contributed by atoms with Crippen molar-refractivity contribution in [3.63, 3.8) is 0 Å². The van der Waals surface area contributed by atoms with Crippen molar-refractivity contribution in [2.24, 2.45) is 11.8 Å². The number of carbonyl (C=O) groups excluding carboxylic acids is 3. The van der Waals surface area contributed by atoms with Gasteiger partial charge in [0.25, 0.3) is 11.8 Å². The average Bonchev–Trinajstić information content (AvgIpc) is 3.18. The first-order valence-electron chi connectivity index (χ1n) is 12.1. The predicted octanol–water partition coefficient (Wildman–Crippen LogP) is 5.32. The van der Waals surface area contributed by atoms with Crippen LogP contribution in [0, 0.1) is 11.8 Å². The van der Waals surface area contributed by atoms with Crippen LogP contribution in [-0.2, 0) is 29.5 Å². The van der Waals surface area contributed by atoms with Gasteiger partial charge in [-0.2, -0.15) is 5.01 Å². The molecule has 37 heavy (non-hydrogen) atoms. The van der Waals surface area contributed by atoms with E-state index in [4.69, 9.17) is 0 Å². The molecule has 1 heterocycles. The van der Waals surface area contributed by atoms with E-state index in [1.165, 1.54) is 0 Å². The van der Waals surface area contributed by atoms with Crippen LogP contribution in [0.3, 0.4) is 0 Å². The lowest BCUT2D eigenvalue weighted by atomic mass is 9.54. The van der Waals surface area contributed by atoms with Crippen LogP contribution in [0.2, 0.25) is 0 Å². The van der Waals surface area contributed by atoms with Crippen LogP contribution in [0.5, 0.6) is 0 Å². The molecule has 5 nitrogen and oxygen atoms in total. The smallest absolute Gasteiger partial charge is 0.254 e. The van der Waals surface area contributed by atoms with E-state index in [-0.39, 0.29) is 6.42 Å². The molecule has 1 fully saturated rings. The van der Waals surface area contributed by atoms with Crippen LogP contribution in [0.4, 0.5) is 0 Å². The van der Waals surface area contributed by atoms with Gasteiger partial charge >= 0.3 is 0 Å². The number of fused-ring (bicyclic) bond motifs is 1. The SMILES string of the molecule is O=C(Cc1cccc2ccccc12)NN1C(=O)C2C(C1=O)C1(Br)c3ccccc3C2(Br)c2ccccc21. The van der Waals surface area contributed by atoms with Gasteiger partial charge in [-0.15, -0.1) is 0 Å². The van der Waals surface area contributed by atoms with Crippen molar-refractivity contribution in [3.8, 4) is 0 Å². The molecule has 2 atom stereocenters. The van der Waals surface area contributed by atoms with E-state index in [9.17, 15) is 14.4 Å². The number of carbonyl (C=O) groups is 3. The number of alkyl halides is 2. The largest absolute Gasteiger partial charge is 0.273 e. The van der Waals surface area contributed by atoms with Crippen LogP contribution in [-0.4, -0.2) is 22.7 Å². The van der Waals surface area contributed by atoms with Gasteiger partial charge in [0, 0.05) is 0 Å². The molecule has 0 spiro atoms. The van der Waals surface area contributed by atoms with Gasteiger partial charge < -0.3 is 0 Å². The number of amides is 3. The summed E-state index contributed by atoms with van der Waals surface area (Å²) < 4.78 is -1.77. The minimum atomic E-state index is -0.887. The fourth-order valence-electron chi connectivity index (χ4n) is 6.56. The average molecular weight is 616 g/mol. The normalized spacial score (nSPS) is 27.1. The Morgan fingerprint density at radius 2 is 1.16 bits per heavy atom. The Balaban J connectivity index is 1.28. The van der Waals surface area contributed by atoms with Crippen molar-refractivity contribution in [2.45, 2.75) is 15.1 Å². The van der Waals surface area contributed by atoms with Gasteiger partial charge in [0.05, 0.1) is 26.9 Å². The molecule has 1 N–H and O–H groups in total. The molecule has 7 heteroatoms. The van der Waals surface area contributed by atoms with Crippen LogP contribution >= 0.6 is 31.9 Å². The standard InChI is InChI=1S/C30H20Br2N2O3/c31-29-20-12-3-4-13-21(20)30(32,23-15-6-5-14-22(23)29)26-25(29)27(36)34(28(26)37)33-24(35)16-18-10-7-9-17-8-1-2-11-19(17)18/h1-15,25-26H,16H2,(H,33,35). The highest BCUT2D eigenvalue weighted by Gasteiger charge is 2.72. The number of imide groups is 1. The zero-order valence-corrected chi connectivity index (χ0v) is 22.6. The first-order chi connectivity index (χ1) is 17.9. The number of halogens is 2. The number of hydrazine groups is 1. The van der Waals surface area contributed by atoms with Gasteiger partial charge in [0.2, 0.25) is 5.91 Å². The summed E-state index contributed by atoms with van der Waals surface area (Å²) in [7, 11) is 0. The number of nitrogens with zero attached hydrogens (tertiary/aromatic N) is 1. The summed E-state index contributed by atoms with van der Waals surface area (Å²) in [5.74, 6) is -2.67. The zero-order valence-electron chi connectivity index (χ0n) is 19.4. The number of hydrogen-bond acceptors (Lipinski definition) is 3. The number of hydrogen-bond donors (Lipinski definition) is 1. The highest BCUT2D eigenvalue weighted by atomic mass is 79.9. The molecule has 3 aliphatic carbocycles. The maximum absolute atomic E-state index is 13.9. The molecule has 0 saturated carbocycles. The summed E-state index contributed by atoms with van der Waals surface area (Å²) in [6.45, 7) is 0. The molecule has 1 aliphatic heterocycles. The first kappa shape index (κ1) is 22.9. The van der Waals surface area contributed by atoms with Crippen molar-refractivity contribution in [3.05, 3.63) is 119 Å². The lowest BCUT2D eigenvalue weighted by Gasteiger charge is -2.55. The molecule has 4 aliphatic rings. The van der Waals surface area contributed by atoms with Gasteiger partial charge in [0.15, 0.2) is 0 Å². The molecule has 0 aromatic heterocycles. The van der Waals surface area contributed by atoms with Crippen molar-refractivity contribution in [1.82, 2.24) is 10.4 Å². The second-order valence-electron chi connectivity index (χ2n) is 9.83. The summed E-state index contributed by atoms with van der Waals surface area (Å²) in [5, 5.41) is 2.95. The van der Waals surface area contributed by atoms with Crippen LogP contribution < -0.4 is 5.43 Å². The van der Waals surface area contributed by atoms with Crippen molar-refractivity contribution in [1.29, 1.82) is 0 Å². The van der Waals surface area contributed by atoms with Crippen molar-refractivity contribution in [2.75, 3.05) is 0 Å². The van der Waals surface area contributed by atoms with E-state index in [2.05, 4.69) is 37.3 Å². The van der Waals surface area contributed by atoms with E-state index in [1.54, 1.807) is 0 Å². The molecule has 2 unspecified atom stereocenters. The van der Waals surface area contributed by atoms with Crippen molar-refractivity contribution < 1.29 is 14.4 Å². The summed E-state index contributed by atoms with van der Waals surface area (Å²) in [5.41, 5.74) is 7.31. The summed E-state index contributed by atoms with van der Waals surface area (Å²) >= 11 is 7.94. The van der Waals surface area contributed by atoms with Gasteiger partial charge in [-0.05, 0) is 38.6 Å². The van der Waals surface area contributed by atoms with Gasteiger partial charge in [-0.25, -0.2) is 0 Å². The molecule has 4 aromatic carbocycles. The number of rotatable bonds is 3. The number of benzene rings is 4. The zero-order chi connectivity index (χ0) is 25.5.